The summed E-state index contributed by atoms with van der Waals surface area (Å²) in [7, 11) is 0. The lowest BCUT2D eigenvalue weighted by atomic mass is 9.97. The Morgan fingerprint density at radius 3 is 2.51 bits per heavy atom. The molecule has 0 aliphatic heterocycles. The zero-order valence-corrected chi connectivity index (χ0v) is 21.5. The van der Waals surface area contributed by atoms with Gasteiger partial charge in [-0.2, -0.15) is 0 Å². The van der Waals surface area contributed by atoms with E-state index in [9.17, 15) is 14.7 Å². The molecule has 0 spiro atoms. The number of hydrogen-bond donors (Lipinski definition) is 3. The molecule has 3 rings (SSSR count). The number of carboxylic acid groups (broad SMARTS) is 1. The summed E-state index contributed by atoms with van der Waals surface area (Å²) >= 11 is 1.47. The van der Waals surface area contributed by atoms with Crippen molar-refractivity contribution in [2.75, 3.05) is 18.5 Å². The molecule has 35 heavy (non-hydrogen) atoms. The van der Waals surface area contributed by atoms with Crippen LogP contribution in [-0.2, 0) is 11.2 Å². The van der Waals surface area contributed by atoms with Crippen molar-refractivity contribution in [1.29, 1.82) is 0 Å². The molecule has 2 amide bonds. The van der Waals surface area contributed by atoms with Gasteiger partial charge in [0, 0.05) is 59.0 Å². The lowest BCUT2D eigenvalue weighted by Gasteiger charge is -2.19. The first kappa shape index (κ1) is 26.2. The quantitative estimate of drug-likeness (QED) is 0.348. The van der Waals surface area contributed by atoms with E-state index in [1.54, 1.807) is 18.3 Å². The Kier molecular flexibility index (Phi) is 8.52. The topological polar surface area (TPSA) is 126 Å². The normalized spacial score (nSPS) is 11.3. The highest BCUT2D eigenvalue weighted by Crippen LogP contribution is 2.37. The lowest BCUT2D eigenvalue weighted by Crippen LogP contribution is -2.28. The number of hydrogen-bond acceptors (Lipinski definition) is 7. The molecule has 0 atom stereocenters. The molecule has 0 fully saturated rings. The molecule has 3 aromatic rings. The maximum absolute atomic E-state index is 12.0. The highest BCUT2D eigenvalue weighted by Gasteiger charge is 2.19. The number of anilines is 1. The number of urea groups is 1. The second kappa shape index (κ2) is 11.4. The fraction of sp³-hybridized carbons (Fsp3) is 0.400. The number of rotatable bonds is 9. The van der Waals surface area contributed by atoms with E-state index in [4.69, 9.17) is 4.74 Å². The van der Waals surface area contributed by atoms with E-state index < -0.39 is 5.97 Å². The zero-order valence-electron chi connectivity index (χ0n) is 20.6. The SMILES string of the molecule is CCNC(=O)Nc1cc(-c2nc(C)cs2)c(-c2cc(C(=O)O)cnc2CCCOC(C)(C)C)cn1. The first-order valence-electron chi connectivity index (χ1n) is 11.4. The summed E-state index contributed by atoms with van der Waals surface area (Å²) in [5.41, 5.74) is 3.55. The number of thiazole rings is 1. The number of aryl methyl sites for hydroxylation is 2. The molecule has 0 aliphatic carbocycles. The van der Waals surface area contributed by atoms with Crippen LogP contribution in [0.4, 0.5) is 10.6 Å². The fourth-order valence-corrected chi connectivity index (χ4v) is 4.20. The number of carbonyl (C=O) groups is 2. The van der Waals surface area contributed by atoms with Gasteiger partial charge >= 0.3 is 12.0 Å². The van der Waals surface area contributed by atoms with Gasteiger partial charge in [-0.15, -0.1) is 11.3 Å². The van der Waals surface area contributed by atoms with Crippen LogP contribution in [0.25, 0.3) is 21.7 Å². The molecule has 3 N–H and O–H groups in total. The van der Waals surface area contributed by atoms with E-state index in [0.29, 0.717) is 36.5 Å². The van der Waals surface area contributed by atoms with Crippen molar-refractivity contribution in [2.45, 2.75) is 53.1 Å². The maximum Gasteiger partial charge on any atom is 0.337 e. The second-order valence-electron chi connectivity index (χ2n) is 8.98. The molecule has 3 heterocycles. The first-order chi connectivity index (χ1) is 16.6. The smallest absolute Gasteiger partial charge is 0.337 e. The summed E-state index contributed by atoms with van der Waals surface area (Å²) in [5.74, 6) is -0.694. The number of amides is 2. The molecule has 0 aliphatic rings. The molecule has 0 bridgehead atoms. The Balaban J connectivity index is 2.06. The van der Waals surface area contributed by atoms with Crippen molar-refractivity contribution in [3.8, 4) is 21.7 Å². The van der Waals surface area contributed by atoms with Crippen molar-refractivity contribution in [3.05, 3.63) is 46.9 Å². The number of aromatic nitrogens is 3. The summed E-state index contributed by atoms with van der Waals surface area (Å²) in [6.07, 6.45) is 4.32. The van der Waals surface area contributed by atoms with E-state index in [-0.39, 0.29) is 17.2 Å². The minimum absolute atomic E-state index is 0.0838. The van der Waals surface area contributed by atoms with Gasteiger partial charge < -0.3 is 15.2 Å². The standard InChI is InChI=1S/C25H31N5O4S/c1-6-26-24(33)30-21-11-18(22-29-15(2)14-35-22)19(13-28-21)17-10-16(23(31)32)12-27-20(17)8-7-9-34-25(3,4)5/h10-14H,6-9H2,1-5H3,(H,31,32)(H2,26,28,30,33). The van der Waals surface area contributed by atoms with Crippen molar-refractivity contribution in [3.63, 3.8) is 0 Å². The predicted octanol–water partition coefficient (Wildman–Crippen LogP) is 5.16. The minimum atomic E-state index is -1.06. The highest BCUT2D eigenvalue weighted by molar-refractivity contribution is 7.13. The van der Waals surface area contributed by atoms with Gasteiger partial charge in [-0.1, -0.05) is 0 Å². The Morgan fingerprint density at radius 2 is 1.89 bits per heavy atom. The van der Waals surface area contributed by atoms with Gasteiger partial charge in [0.1, 0.15) is 10.8 Å². The molecule has 0 unspecified atom stereocenters. The van der Waals surface area contributed by atoms with Crippen LogP contribution >= 0.6 is 11.3 Å². The number of pyridine rings is 2. The molecule has 0 radical (unpaired) electrons. The van der Waals surface area contributed by atoms with Crippen LogP contribution in [0.15, 0.2) is 29.9 Å². The Labute approximate surface area is 209 Å². The van der Waals surface area contributed by atoms with Crippen LogP contribution in [-0.4, -0.2) is 50.8 Å². The molecular formula is C25H31N5O4S. The Bertz CT molecular complexity index is 1200. The van der Waals surface area contributed by atoms with Gasteiger partial charge in [-0.05, 0) is 59.6 Å². The van der Waals surface area contributed by atoms with Crippen LogP contribution in [0.2, 0.25) is 0 Å². The van der Waals surface area contributed by atoms with E-state index in [2.05, 4.69) is 25.6 Å². The van der Waals surface area contributed by atoms with Crippen LogP contribution in [0.1, 0.15) is 55.9 Å². The van der Waals surface area contributed by atoms with Crippen molar-refractivity contribution < 1.29 is 19.4 Å². The van der Waals surface area contributed by atoms with Gasteiger partial charge in [0.05, 0.1) is 11.2 Å². The number of carbonyl (C=O) groups excluding carboxylic acids is 1. The third-order valence-corrected chi connectivity index (χ3v) is 5.93. The highest BCUT2D eigenvalue weighted by atomic mass is 32.1. The minimum Gasteiger partial charge on any atom is -0.478 e. The number of carboxylic acids is 1. The molecule has 9 nitrogen and oxygen atoms in total. The van der Waals surface area contributed by atoms with E-state index in [0.717, 1.165) is 28.4 Å². The maximum atomic E-state index is 12.0. The third kappa shape index (κ3) is 7.30. The van der Waals surface area contributed by atoms with Crippen molar-refractivity contribution in [1.82, 2.24) is 20.3 Å². The van der Waals surface area contributed by atoms with Crippen LogP contribution in [0, 0.1) is 6.92 Å². The van der Waals surface area contributed by atoms with Gasteiger partial charge in [0.2, 0.25) is 0 Å². The van der Waals surface area contributed by atoms with E-state index >= 15 is 0 Å². The zero-order chi connectivity index (χ0) is 25.6. The summed E-state index contributed by atoms with van der Waals surface area (Å²) < 4.78 is 5.84. The van der Waals surface area contributed by atoms with Gasteiger partial charge in [-0.25, -0.2) is 19.6 Å². The Morgan fingerprint density at radius 1 is 1.11 bits per heavy atom. The molecule has 186 valence electrons. The van der Waals surface area contributed by atoms with Gasteiger partial charge in [0.15, 0.2) is 0 Å². The molecule has 10 heteroatoms. The molecule has 3 aromatic heterocycles. The van der Waals surface area contributed by atoms with Gasteiger partial charge in [0.25, 0.3) is 0 Å². The lowest BCUT2D eigenvalue weighted by molar-refractivity contribution is -0.00391. The van der Waals surface area contributed by atoms with Gasteiger partial charge in [-0.3, -0.25) is 10.3 Å². The number of nitrogens with zero attached hydrogens (tertiary/aromatic N) is 3. The Hall–Kier alpha value is -3.37. The average molecular weight is 498 g/mol. The monoisotopic (exact) mass is 497 g/mol. The number of aromatic carboxylic acids is 1. The second-order valence-corrected chi connectivity index (χ2v) is 9.84. The summed E-state index contributed by atoms with van der Waals surface area (Å²) in [6, 6.07) is 3.01. The molecule has 0 aromatic carbocycles. The largest absolute Gasteiger partial charge is 0.478 e. The summed E-state index contributed by atoms with van der Waals surface area (Å²) in [6.45, 7) is 10.8. The fourth-order valence-electron chi connectivity index (χ4n) is 3.37. The number of nitrogens with one attached hydrogen (secondary N) is 2. The van der Waals surface area contributed by atoms with Crippen LogP contribution < -0.4 is 10.6 Å². The molecule has 0 saturated carbocycles. The van der Waals surface area contributed by atoms with Crippen molar-refractivity contribution in [2.24, 2.45) is 0 Å². The summed E-state index contributed by atoms with van der Waals surface area (Å²) in [5, 5.41) is 17.7. The predicted molar refractivity (Wildman–Crippen MR) is 137 cm³/mol. The third-order valence-electron chi connectivity index (χ3n) is 4.93. The average Bonchev–Trinajstić information content (AvgIpc) is 3.22. The van der Waals surface area contributed by atoms with Crippen LogP contribution in [0.5, 0.6) is 0 Å². The van der Waals surface area contributed by atoms with Crippen LogP contribution in [0.3, 0.4) is 0 Å². The van der Waals surface area contributed by atoms with E-state index in [1.807, 2.05) is 40.0 Å². The molecule has 0 saturated heterocycles. The first-order valence-corrected chi connectivity index (χ1v) is 12.3. The number of ether oxygens (including phenoxy) is 1. The van der Waals surface area contributed by atoms with Crippen molar-refractivity contribution >= 4 is 29.2 Å². The molecular weight excluding hydrogens is 466 g/mol. The summed E-state index contributed by atoms with van der Waals surface area (Å²) in [4.78, 5) is 37.3. The van der Waals surface area contributed by atoms with E-state index in [1.165, 1.54) is 17.5 Å².